The minimum absolute atomic E-state index is 0.0535. The van der Waals surface area contributed by atoms with E-state index >= 15 is 0 Å². The third-order valence-electron chi connectivity index (χ3n) is 4.21. The Morgan fingerprint density at radius 3 is 2.45 bits per heavy atom. The Morgan fingerprint density at radius 2 is 1.86 bits per heavy atom. The molecule has 2 aromatic rings. The Bertz CT molecular complexity index is 676. The number of rotatable bonds is 4. The van der Waals surface area contributed by atoms with Crippen LogP contribution in [0.1, 0.15) is 47.3 Å². The van der Waals surface area contributed by atoms with E-state index in [1.807, 2.05) is 60.4 Å². The van der Waals surface area contributed by atoms with E-state index < -0.39 is 0 Å². The second kappa shape index (κ2) is 6.13. The molecule has 0 spiro atoms. The van der Waals surface area contributed by atoms with E-state index in [-0.39, 0.29) is 11.9 Å². The summed E-state index contributed by atoms with van der Waals surface area (Å²) < 4.78 is 0. The van der Waals surface area contributed by atoms with Gasteiger partial charge in [0.2, 0.25) is 0 Å². The highest BCUT2D eigenvalue weighted by molar-refractivity contribution is 6.30. The van der Waals surface area contributed by atoms with Gasteiger partial charge in [-0.3, -0.25) is 4.79 Å². The largest absolute Gasteiger partial charge is 0.329 e. The van der Waals surface area contributed by atoms with Crippen molar-refractivity contribution in [3.63, 3.8) is 0 Å². The van der Waals surface area contributed by atoms with Crippen LogP contribution in [0, 0.1) is 6.92 Å². The van der Waals surface area contributed by atoms with Gasteiger partial charge in [0.1, 0.15) is 0 Å². The zero-order valence-electron chi connectivity index (χ0n) is 12.9. The van der Waals surface area contributed by atoms with Crippen molar-refractivity contribution in [3.8, 4) is 0 Å². The molecule has 2 nitrogen and oxygen atoms in total. The van der Waals surface area contributed by atoms with Gasteiger partial charge < -0.3 is 4.90 Å². The predicted octanol–water partition coefficient (Wildman–Crippen LogP) is 5.01. The second-order valence-corrected chi connectivity index (χ2v) is 6.48. The zero-order chi connectivity index (χ0) is 15.7. The summed E-state index contributed by atoms with van der Waals surface area (Å²) in [5, 5.41) is 0.721. The van der Waals surface area contributed by atoms with Gasteiger partial charge in [-0.2, -0.15) is 0 Å². The van der Waals surface area contributed by atoms with Crippen LogP contribution in [0.3, 0.4) is 0 Å². The lowest BCUT2D eigenvalue weighted by Gasteiger charge is -2.30. The van der Waals surface area contributed by atoms with Gasteiger partial charge >= 0.3 is 0 Å². The molecule has 0 heterocycles. The van der Waals surface area contributed by atoms with Crippen molar-refractivity contribution in [2.45, 2.75) is 38.8 Å². The monoisotopic (exact) mass is 313 g/mol. The number of halogens is 1. The van der Waals surface area contributed by atoms with Crippen molar-refractivity contribution >= 4 is 17.5 Å². The smallest absolute Gasteiger partial charge is 0.254 e. The molecule has 1 unspecified atom stereocenters. The molecule has 1 saturated carbocycles. The van der Waals surface area contributed by atoms with Gasteiger partial charge in [0, 0.05) is 16.6 Å². The number of amides is 1. The maximum absolute atomic E-state index is 13.0. The van der Waals surface area contributed by atoms with Crippen LogP contribution in [0.4, 0.5) is 0 Å². The van der Waals surface area contributed by atoms with Crippen molar-refractivity contribution in [1.82, 2.24) is 4.90 Å². The Labute approximate surface area is 136 Å². The molecule has 1 aliphatic rings. The summed E-state index contributed by atoms with van der Waals surface area (Å²) in [7, 11) is 0. The van der Waals surface area contributed by atoms with Gasteiger partial charge in [-0.15, -0.1) is 0 Å². The van der Waals surface area contributed by atoms with Crippen LogP contribution in [-0.4, -0.2) is 16.8 Å². The molecule has 0 saturated heterocycles. The molecule has 1 atom stereocenters. The first-order valence-electron chi connectivity index (χ1n) is 7.71. The van der Waals surface area contributed by atoms with E-state index in [1.165, 1.54) is 0 Å². The highest BCUT2D eigenvalue weighted by Gasteiger charge is 2.36. The average Bonchev–Trinajstić information content (AvgIpc) is 3.32. The van der Waals surface area contributed by atoms with Crippen molar-refractivity contribution in [2.75, 3.05) is 0 Å². The molecule has 1 fully saturated rings. The molecule has 22 heavy (non-hydrogen) atoms. The highest BCUT2D eigenvalue weighted by atomic mass is 35.5. The summed E-state index contributed by atoms with van der Waals surface area (Å²) in [6.07, 6.45) is 2.19. The van der Waals surface area contributed by atoms with Crippen molar-refractivity contribution < 1.29 is 4.79 Å². The van der Waals surface area contributed by atoms with E-state index in [1.54, 1.807) is 0 Å². The summed E-state index contributed by atoms with van der Waals surface area (Å²) in [5.41, 5.74) is 3.01. The minimum atomic E-state index is 0.0535. The fourth-order valence-electron chi connectivity index (χ4n) is 2.84. The van der Waals surface area contributed by atoms with E-state index in [2.05, 4.69) is 6.92 Å². The fourth-order valence-corrected chi connectivity index (χ4v) is 2.97. The molecule has 0 radical (unpaired) electrons. The first kappa shape index (κ1) is 15.1. The number of benzene rings is 2. The number of hydrogen-bond acceptors (Lipinski definition) is 1. The first-order chi connectivity index (χ1) is 10.6. The van der Waals surface area contributed by atoms with Gasteiger partial charge in [-0.25, -0.2) is 0 Å². The maximum Gasteiger partial charge on any atom is 0.254 e. The zero-order valence-corrected chi connectivity index (χ0v) is 13.7. The molecular weight excluding hydrogens is 294 g/mol. The molecule has 3 rings (SSSR count). The van der Waals surface area contributed by atoms with Crippen molar-refractivity contribution in [1.29, 1.82) is 0 Å². The number of aryl methyl sites for hydroxylation is 1. The van der Waals surface area contributed by atoms with Crippen LogP contribution in [0.5, 0.6) is 0 Å². The lowest BCUT2D eigenvalue weighted by molar-refractivity contribution is 0.0674. The molecule has 0 aliphatic heterocycles. The summed E-state index contributed by atoms with van der Waals surface area (Å²) >= 11 is 5.97. The summed E-state index contributed by atoms with van der Waals surface area (Å²) in [6, 6.07) is 16.0. The van der Waals surface area contributed by atoms with Crippen LogP contribution in [0.2, 0.25) is 5.02 Å². The standard InChI is InChI=1S/C19H20ClNO/c1-13-4-3-5-16(12-13)19(22)21(18-10-11-18)14(2)15-6-8-17(20)9-7-15/h3-9,12,14,18H,10-11H2,1-2H3. The molecule has 0 aromatic heterocycles. The van der Waals surface area contributed by atoms with E-state index in [4.69, 9.17) is 11.6 Å². The minimum Gasteiger partial charge on any atom is -0.329 e. The lowest BCUT2D eigenvalue weighted by atomic mass is 10.0. The Balaban J connectivity index is 1.89. The maximum atomic E-state index is 13.0. The summed E-state index contributed by atoms with van der Waals surface area (Å²) in [5.74, 6) is 0.119. The second-order valence-electron chi connectivity index (χ2n) is 6.04. The lowest BCUT2D eigenvalue weighted by Crippen LogP contribution is -2.35. The molecule has 1 amide bonds. The molecular formula is C19H20ClNO. The SMILES string of the molecule is Cc1cccc(C(=O)N(C2CC2)C(C)c2ccc(Cl)cc2)c1. The number of carbonyl (C=O) groups is 1. The van der Waals surface area contributed by atoms with Crippen LogP contribution < -0.4 is 0 Å². The molecule has 1 aliphatic carbocycles. The normalized spacial score (nSPS) is 15.4. The van der Waals surface area contributed by atoms with Crippen LogP contribution in [0.15, 0.2) is 48.5 Å². The topological polar surface area (TPSA) is 20.3 Å². The van der Waals surface area contributed by atoms with Crippen molar-refractivity contribution in [3.05, 3.63) is 70.2 Å². The van der Waals surface area contributed by atoms with E-state index in [0.29, 0.717) is 6.04 Å². The van der Waals surface area contributed by atoms with Gasteiger partial charge in [0.05, 0.1) is 6.04 Å². The van der Waals surface area contributed by atoms with Crippen LogP contribution in [0.25, 0.3) is 0 Å². The van der Waals surface area contributed by atoms with E-state index in [0.717, 1.165) is 34.6 Å². The third-order valence-corrected chi connectivity index (χ3v) is 4.46. The summed E-state index contributed by atoms with van der Waals surface area (Å²) in [4.78, 5) is 15.0. The Hall–Kier alpha value is -1.80. The molecule has 2 aromatic carbocycles. The van der Waals surface area contributed by atoms with Gasteiger partial charge in [0.25, 0.3) is 5.91 Å². The molecule has 114 valence electrons. The fraction of sp³-hybridized carbons (Fsp3) is 0.316. The first-order valence-corrected chi connectivity index (χ1v) is 8.09. The Kier molecular flexibility index (Phi) is 4.21. The average molecular weight is 314 g/mol. The van der Waals surface area contributed by atoms with Crippen LogP contribution >= 0.6 is 11.6 Å². The number of hydrogen-bond donors (Lipinski definition) is 0. The van der Waals surface area contributed by atoms with Gasteiger partial charge in [-0.05, 0) is 56.5 Å². The Morgan fingerprint density at radius 1 is 1.18 bits per heavy atom. The van der Waals surface area contributed by atoms with Gasteiger partial charge in [0.15, 0.2) is 0 Å². The predicted molar refractivity (Wildman–Crippen MR) is 90.2 cm³/mol. The highest BCUT2D eigenvalue weighted by Crippen LogP contribution is 2.36. The molecule has 0 bridgehead atoms. The summed E-state index contributed by atoms with van der Waals surface area (Å²) in [6.45, 7) is 4.11. The quantitative estimate of drug-likeness (QED) is 0.776. The van der Waals surface area contributed by atoms with E-state index in [9.17, 15) is 4.79 Å². The third kappa shape index (κ3) is 3.17. The van der Waals surface area contributed by atoms with Crippen molar-refractivity contribution in [2.24, 2.45) is 0 Å². The molecule has 0 N–H and O–H groups in total. The number of nitrogens with zero attached hydrogens (tertiary/aromatic N) is 1. The number of carbonyl (C=O) groups excluding carboxylic acids is 1. The van der Waals surface area contributed by atoms with Gasteiger partial charge in [-0.1, -0.05) is 41.4 Å². The molecule has 3 heteroatoms. The van der Waals surface area contributed by atoms with Crippen LogP contribution in [-0.2, 0) is 0 Å².